The van der Waals surface area contributed by atoms with Crippen molar-refractivity contribution in [1.29, 1.82) is 0 Å². The molecule has 0 spiro atoms. The number of hydrogen-bond acceptors (Lipinski definition) is 4. The van der Waals surface area contributed by atoms with Gasteiger partial charge in [0.1, 0.15) is 0 Å². The minimum atomic E-state index is -0.182. The van der Waals surface area contributed by atoms with Crippen molar-refractivity contribution in [3.8, 4) is 11.5 Å². The SMILES string of the molecule is C[C@H](Sc1ccc2c(c1)OCCCO2)C(=O)NCc1ccccc1. The maximum Gasteiger partial charge on any atom is 0.233 e. The molecule has 4 nitrogen and oxygen atoms in total. The standard InChI is InChI=1S/C19H21NO3S/c1-14(19(21)20-13-15-6-3-2-4-7-15)24-16-8-9-17-18(12-16)23-11-5-10-22-17/h2-4,6-9,12,14H,5,10-11,13H2,1H3,(H,20,21)/t14-/m0/s1. The van der Waals surface area contributed by atoms with E-state index in [2.05, 4.69) is 5.32 Å². The van der Waals surface area contributed by atoms with Crippen LogP contribution < -0.4 is 14.8 Å². The van der Waals surface area contributed by atoms with Crippen molar-refractivity contribution in [2.24, 2.45) is 0 Å². The van der Waals surface area contributed by atoms with Crippen molar-refractivity contribution in [3.05, 3.63) is 54.1 Å². The first-order chi connectivity index (χ1) is 11.7. The highest BCUT2D eigenvalue weighted by Crippen LogP contribution is 2.35. The van der Waals surface area contributed by atoms with Crippen molar-refractivity contribution in [1.82, 2.24) is 5.32 Å². The summed E-state index contributed by atoms with van der Waals surface area (Å²) in [5.74, 6) is 1.56. The van der Waals surface area contributed by atoms with Gasteiger partial charge >= 0.3 is 0 Å². The summed E-state index contributed by atoms with van der Waals surface area (Å²) in [6.45, 7) is 3.80. The lowest BCUT2D eigenvalue weighted by atomic mass is 10.2. The van der Waals surface area contributed by atoms with E-state index >= 15 is 0 Å². The van der Waals surface area contributed by atoms with E-state index in [-0.39, 0.29) is 11.2 Å². The van der Waals surface area contributed by atoms with Crippen LogP contribution in [0.25, 0.3) is 0 Å². The molecule has 1 atom stereocenters. The summed E-state index contributed by atoms with van der Waals surface area (Å²) >= 11 is 1.52. The second-order valence-electron chi connectivity index (χ2n) is 5.62. The third-order valence-electron chi connectivity index (χ3n) is 3.71. The molecule has 2 aromatic carbocycles. The molecule has 1 amide bonds. The summed E-state index contributed by atoms with van der Waals surface area (Å²) in [6.07, 6.45) is 0.884. The van der Waals surface area contributed by atoms with Crippen LogP contribution in [0.15, 0.2) is 53.4 Å². The molecule has 5 heteroatoms. The van der Waals surface area contributed by atoms with E-state index < -0.39 is 0 Å². The van der Waals surface area contributed by atoms with Gasteiger partial charge in [-0.05, 0) is 30.7 Å². The summed E-state index contributed by atoms with van der Waals surface area (Å²) < 4.78 is 11.3. The Labute approximate surface area is 146 Å². The summed E-state index contributed by atoms with van der Waals surface area (Å²) in [5, 5.41) is 2.79. The molecule has 0 saturated carbocycles. The number of hydrogen-bond donors (Lipinski definition) is 1. The fourth-order valence-corrected chi connectivity index (χ4v) is 3.32. The summed E-state index contributed by atoms with van der Waals surface area (Å²) in [7, 11) is 0. The predicted octanol–water partition coefficient (Wildman–Crippen LogP) is 3.64. The predicted molar refractivity (Wildman–Crippen MR) is 95.7 cm³/mol. The van der Waals surface area contributed by atoms with Crippen LogP contribution in [0.3, 0.4) is 0 Å². The molecular formula is C19H21NO3S. The first-order valence-electron chi connectivity index (χ1n) is 8.10. The molecule has 0 fully saturated rings. The van der Waals surface area contributed by atoms with Crippen LogP contribution in [-0.2, 0) is 11.3 Å². The third-order valence-corrected chi connectivity index (χ3v) is 4.80. The molecule has 1 N–H and O–H groups in total. The highest BCUT2D eigenvalue weighted by molar-refractivity contribution is 8.00. The van der Waals surface area contributed by atoms with Gasteiger partial charge in [0.05, 0.1) is 18.5 Å². The molecule has 0 bridgehead atoms. The Morgan fingerprint density at radius 1 is 1.12 bits per heavy atom. The van der Waals surface area contributed by atoms with Crippen LogP contribution in [0, 0.1) is 0 Å². The first-order valence-corrected chi connectivity index (χ1v) is 8.98. The van der Waals surface area contributed by atoms with Gasteiger partial charge in [0, 0.05) is 17.9 Å². The number of amides is 1. The molecule has 1 aliphatic heterocycles. The molecule has 1 aliphatic rings. The minimum Gasteiger partial charge on any atom is -0.490 e. The first kappa shape index (κ1) is 16.7. The molecule has 1 heterocycles. The van der Waals surface area contributed by atoms with Crippen LogP contribution in [0.5, 0.6) is 11.5 Å². The molecule has 0 unspecified atom stereocenters. The normalized spacial score (nSPS) is 14.5. The smallest absolute Gasteiger partial charge is 0.233 e. The number of fused-ring (bicyclic) bond motifs is 1. The second-order valence-corrected chi connectivity index (χ2v) is 7.04. The maximum absolute atomic E-state index is 12.3. The fourth-order valence-electron chi connectivity index (χ4n) is 2.40. The Morgan fingerprint density at radius 2 is 1.88 bits per heavy atom. The Balaban J connectivity index is 1.57. The van der Waals surface area contributed by atoms with Crippen molar-refractivity contribution >= 4 is 17.7 Å². The molecule has 0 saturated heterocycles. The molecule has 2 aromatic rings. The van der Waals surface area contributed by atoms with E-state index in [1.54, 1.807) is 0 Å². The van der Waals surface area contributed by atoms with Gasteiger partial charge < -0.3 is 14.8 Å². The quantitative estimate of drug-likeness (QED) is 0.842. The van der Waals surface area contributed by atoms with Crippen LogP contribution in [-0.4, -0.2) is 24.4 Å². The monoisotopic (exact) mass is 343 g/mol. The van der Waals surface area contributed by atoms with E-state index in [4.69, 9.17) is 9.47 Å². The van der Waals surface area contributed by atoms with E-state index in [0.29, 0.717) is 19.8 Å². The maximum atomic E-state index is 12.3. The Bertz CT molecular complexity index is 690. The lowest BCUT2D eigenvalue weighted by Crippen LogP contribution is -2.30. The van der Waals surface area contributed by atoms with Crippen LogP contribution in [0.4, 0.5) is 0 Å². The number of thioether (sulfide) groups is 1. The number of carbonyl (C=O) groups excluding carboxylic acids is 1. The van der Waals surface area contributed by atoms with Crippen molar-refractivity contribution < 1.29 is 14.3 Å². The molecule has 0 aliphatic carbocycles. The summed E-state index contributed by atoms with van der Waals surface area (Å²) in [6, 6.07) is 15.7. The lowest BCUT2D eigenvalue weighted by molar-refractivity contribution is -0.120. The van der Waals surface area contributed by atoms with E-state index in [0.717, 1.165) is 28.4 Å². The molecule has 0 aromatic heterocycles. The zero-order valence-corrected chi connectivity index (χ0v) is 14.5. The van der Waals surface area contributed by atoms with E-state index in [1.807, 2.05) is 55.5 Å². The average Bonchev–Trinajstić information content (AvgIpc) is 2.85. The van der Waals surface area contributed by atoms with Crippen LogP contribution >= 0.6 is 11.8 Å². The van der Waals surface area contributed by atoms with Gasteiger partial charge in [-0.25, -0.2) is 0 Å². The fraction of sp³-hybridized carbons (Fsp3) is 0.316. The van der Waals surface area contributed by atoms with Crippen LogP contribution in [0.1, 0.15) is 18.9 Å². The zero-order chi connectivity index (χ0) is 16.8. The Morgan fingerprint density at radius 3 is 2.67 bits per heavy atom. The van der Waals surface area contributed by atoms with Crippen molar-refractivity contribution in [2.45, 2.75) is 30.0 Å². The molecule has 126 valence electrons. The number of carbonyl (C=O) groups is 1. The van der Waals surface area contributed by atoms with Gasteiger partial charge in [-0.15, -0.1) is 11.8 Å². The van der Waals surface area contributed by atoms with Gasteiger partial charge in [0.15, 0.2) is 11.5 Å². The van der Waals surface area contributed by atoms with Gasteiger partial charge in [0.25, 0.3) is 0 Å². The molecule has 0 radical (unpaired) electrons. The number of nitrogens with one attached hydrogen (secondary N) is 1. The largest absolute Gasteiger partial charge is 0.490 e. The van der Waals surface area contributed by atoms with E-state index in [9.17, 15) is 4.79 Å². The average molecular weight is 343 g/mol. The van der Waals surface area contributed by atoms with Crippen molar-refractivity contribution in [2.75, 3.05) is 13.2 Å². The van der Waals surface area contributed by atoms with Crippen LogP contribution in [0.2, 0.25) is 0 Å². The summed E-state index contributed by atoms with van der Waals surface area (Å²) in [5.41, 5.74) is 1.10. The highest BCUT2D eigenvalue weighted by atomic mass is 32.2. The number of rotatable bonds is 5. The second kappa shape index (κ2) is 8.11. The third kappa shape index (κ3) is 4.45. The Kier molecular flexibility index (Phi) is 5.64. The Hall–Kier alpha value is -2.14. The highest BCUT2D eigenvalue weighted by Gasteiger charge is 2.16. The molecule has 3 rings (SSSR count). The topological polar surface area (TPSA) is 47.6 Å². The molecular weight excluding hydrogens is 322 g/mol. The zero-order valence-electron chi connectivity index (χ0n) is 13.7. The van der Waals surface area contributed by atoms with Gasteiger partial charge in [-0.2, -0.15) is 0 Å². The van der Waals surface area contributed by atoms with Crippen molar-refractivity contribution in [3.63, 3.8) is 0 Å². The van der Waals surface area contributed by atoms with Gasteiger partial charge in [0.2, 0.25) is 5.91 Å². The van der Waals surface area contributed by atoms with E-state index in [1.165, 1.54) is 11.8 Å². The summed E-state index contributed by atoms with van der Waals surface area (Å²) in [4.78, 5) is 13.3. The van der Waals surface area contributed by atoms with Gasteiger partial charge in [-0.3, -0.25) is 4.79 Å². The minimum absolute atomic E-state index is 0.0240. The lowest BCUT2D eigenvalue weighted by Gasteiger charge is -2.14. The molecule has 24 heavy (non-hydrogen) atoms. The van der Waals surface area contributed by atoms with Gasteiger partial charge in [-0.1, -0.05) is 30.3 Å². The number of ether oxygens (including phenoxy) is 2. The number of benzene rings is 2.